The van der Waals surface area contributed by atoms with Crippen molar-refractivity contribution in [3.63, 3.8) is 0 Å². The molecule has 1 aliphatic carbocycles. The molecule has 0 bridgehead atoms. The first-order valence-corrected chi connectivity index (χ1v) is 7.04. The van der Waals surface area contributed by atoms with Crippen molar-refractivity contribution in [3.05, 3.63) is 0 Å². The van der Waals surface area contributed by atoms with E-state index in [4.69, 9.17) is 0 Å². The highest BCUT2D eigenvalue weighted by atomic mass is 32.2. The highest BCUT2D eigenvalue weighted by Gasteiger charge is 2.34. The van der Waals surface area contributed by atoms with Crippen LogP contribution in [-0.4, -0.2) is 44.1 Å². The van der Waals surface area contributed by atoms with Crippen LogP contribution >= 0.6 is 0 Å². The maximum absolute atomic E-state index is 12.0. The van der Waals surface area contributed by atoms with E-state index in [-0.39, 0.29) is 24.3 Å². The summed E-state index contributed by atoms with van der Waals surface area (Å²) in [4.78, 5) is 11.1. The number of rotatable bonds is 6. The molecule has 0 amide bonds. The van der Waals surface area contributed by atoms with Crippen LogP contribution in [0, 0.1) is 5.92 Å². The predicted octanol–water partition coefficient (Wildman–Crippen LogP) is 0.610. The van der Waals surface area contributed by atoms with E-state index in [1.54, 1.807) is 13.8 Å². The van der Waals surface area contributed by atoms with Crippen LogP contribution in [0.15, 0.2) is 0 Å². The number of sulfonamides is 1. The zero-order valence-electron chi connectivity index (χ0n) is 9.97. The number of methoxy groups -OCH3 is 1. The van der Waals surface area contributed by atoms with Crippen LogP contribution in [0.25, 0.3) is 0 Å². The third-order valence-corrected chi connectivity index (χ3v) is 4.75. The van der Waals surface area contributed by atoms with Gasteiger partial charge in [-0.05, 0) is 32.6 Å². The van der Waals surface area contributed by atoms with E-state index in [1.807, 2.05) is 0 Å². The standard InChI is InChI=1S/C10H19NO4S/c1-8(2)11(6-10(12)15-3)16(13,14)7-9-4-5-9/h8-9H,4-7H2,1-3H3. The van der Waals surface area contributed by atoms with Crippen LogP contribution in [-0.2, 0) is 19.6 Å². The summed E-state index contributed by atoms with van der Waals surface area (Å²) in [6.45, 7) is 3.32. The third kappa shape index (κ3) is 3.75. The van der Waals surface area contributed by atoms with Gasteiger partial charge in [-0.25, -0.2) is 8.42 Å². The molecule has 1 aliphatic rings. The van der Waals surface area contributed by atoms with Crippen LogP contribution in [0.3, 0.4) is 0 Å². The Bertz CT molecular complexity index is 346. The van der Waals surface area contributed by atoms with Gasteiger partial charge in [0.05, 0.1) is 12.9 Å². The number of hydrogen-bond acceptors (Lipinski definition) is 4. The minimum Gasteiger partial charge on any atom is -0.468 e. The molecule has 0 aliphatic heterocycles. The predicted molar refractivity (Wildman–Crippen MR) is 60.4 cm³/mol. The van der Waals surface area contributed by atoms with Crippen molar-refractivity contribution in [2.24, 2.45) is 5.92 Å². The van der Waals surface area contributed by atoms with Gasteiger partial charge in [0.15, 0.2) is 0 Å². The van der Waals surface area contributed by atoms with Gasteiger partial charge in [-0.1, -0.05) is 0 Å². The molecule has 94 valence electrons. The van der Waals surface area contributed by atoms with Crippen LogP contribution in [0.4, 0.5) is 0 Å². The van der Waals surface area contributed by atoms with E-state index in [9.17, 15) is 13.2 Å². The third-order valence-electron chi connectivity index (χ3n) is 2.59. The minimum absolute atomic E-state index is 0.155. The van der Waals surface area contributed by atoms with E-state index in [0.29, 0.717) is 0 Å². The molecule has 0 aromatic heterocycles. The van der Waals surface area contributed by atoms with Gasteiger partial charge >= 0.3 is 5.97 Å². The molecule has 0 N–H and O–H groups in total. The van der Waals surface area contributed by atoms with Crippen molar-refractivity contribution in [2.75, 3.05) is 19.4 Å². The van der Waals surface area contributed by atoms with Gasteiger partial charge in [-0.15, -0.1) is 0 Å². The molecule has 1 rings (SSSR count). The molecule has 0 aromatic rings. The Labute approximate surface area is 96.8 Å². The van der Waals surface area contributed by atoms with Crippen molar-refractivity contribution < 1.29 is 17.9 Å². The molecule has 1 saturated carbocycles. The van der Waals surface area contributed by atoms with Crippen molar-refractivity contribution in [1.29, 1.82) is 0 Å². The normalized spacial score (nSPS) is 16.8. The first kappa shape index (κ1) is 13.4. The molecule has 6 heteroatoms. The van der Waals surface area contributed by atoms with Gasteiger partial charge in [-0.3, -0.25) is 4.79 Å². The van der Waals surface area contributed by atoms with Gasteiger partial charge in [0.1, 0.15) is 6.54 Å². The average Bonchev–Trinajstić information content (AvgIpc) is 2.95. The number of nitrogens with zero attached hydrogens (tertiary/aromatic N) is 1. The molecular formula is C10H19NO4S. The lowest BCUT2D eigenvalue weighted by atomic mass is 10.4. The second-order valence-electron chi connectivity index (χ2n) is 4.44. The summed E-state index contributed by atoms with van der Waals surface area (Å²) < 4.78 is 29.7. The van der Waals surface area contributed by atoms with Gasteiger partial charge in [-0.2, -0.15) is 4.31 Å². The van der Waals surface area contributed by atoms with Gasteiger partial charge in [0.2, 0.25) is 10.0 Å². The number of ether oxygens (including phenoxy) is 1. The molecule has 0 radical (unpaired) electrons. The second-order valence-corrected chi connectivity index (χ2v) is 6.40. The summed E-state index contributed by atoms with van der Waals surface area (Å²) in [5, 5.41) is 0. The van der Waals surface area contributed by atoms with Crippen LogP contribution in [0.2, 0.25) is 0 Å². The Balaban J connectivity index is 2.70. The van der Waals surface area contributed by atoms with Crippen molar-refractivity contribution in [3.8, 4) is 0 Å². The molecule has 0 heterocycles. The molecule has 0 saturated heterocycles. The van der Waals surface area contributed by atoms with E-state index in [2.05, 4.69) is 4.74 Å². The van der Waals surface area contributed by atoms with Crippen LogP contribution in [0.1, 0.15) is 26.7 Å². The molecule has 5 nitrogen and oxygen atoms in total. The highest BCUT2D eigenvalue weighted by Crippen LogP contribution is 2.31. The second kappa shape index (κ2) is 5.14. The summed E-state index contributed by atoms with van der Waals surface area (Å²) in [5.41, 5.74) is 0. The molecular weight excluding hydrogens is 230 g/mol. The Morgan fingerprint density at radius 1 is 1.44 bits per heavy atom. The molecule has 0 atom stereocenters. The first-order chi connectivity index (χ1) is 7.36. The number of carbonyl (C=O) groups is 1. The summed E-state index contributed by atoms with van der Waals surface area (Å²) in [7, 11) is -2.07. The fourth-order valence-corrected chi connectivity index (χ4v) is 3.54. The minimum atomic E-state index is -3.33. The van der Waals surface area contributed by atoms with Gasteiger partial charge < -0.3 is 4.74 Å². The zero-order valence-corrected chi connectivity index (χ0v) is 10.8. The zero-order chi connectivity index (χ0) is 12.3. The van der Waals surface area contributed by atoms with E-state index in [0.717, 1.165) is 12.8 Å². The SMILES string of the molecule is COC(=O)CN(C(C)C)S(=O)(=O)CC1CC1. The molecule has 1 fully saturated rings. The molecule has 0 unspecified atom stereocenters. The first-order valence-electron chi connectivity index (χ1n) is 5.43. The molecule has 16 heavy (non-hydrogen) atoms. The molecule has 0 spiro atoms. The van der Waals surface area contributed by atoms with Gasteiger partial charge in [0.25, 0.3) is 0 Å². The smallest absolute Gasteiger partial charge is 0.321 e. The fraction of sp³-hybridized carbons (Fsp3) is 0.900. The van der Waals surface area contributed by atoms with Crippen molar-refractivity contribution >= 4 is 16.0 Å². The Kier molecular flexibility index (Phi) is 4.32. The highest BCUT2D eigenvalue weighted by molar-refractivity contribution is 7.89. The maximum atomic E-state index is 12.0. The Morgan fingerprint density at radius 2 is 2.00 bits per heavy atom. The van der Waals surface area contributed by atoms with Crippen LogP contribution in [0.5, 0.6) is 0 Å². The van der Waals surface area contributed by atoms with E-state index in [1.165, 1.54) is 11.4 Å². The number of carbonyl (C=O) groups excluding carboxylic acids is 1. The van der Waals surface area contributed by atoms with Crippen molar-refractivity contribution in [1.82, 2.24) is 4.31 Å². The van der Waals surface area contributed by atoms with Crippen LogP contribution < -0.4 is 0 Å². The number of esters is 1. The topological polar surface area (TPSA) is 63.7 Å². The quantitative estimate of drug-likeness (QED) is 0.647. The lowest BCUT2D eigenvalue weighted by Crippen LogP contribution is -2.42. The van der Waals surface area contributed by atoms with Crippen molar-refractivity contribution in [2.45, 2.75) is 32.7 Å². The fourth-order valence-electron chi connectivity index (χ4n) is 1.47. The maximum Gasteiger partial charge on any atom is 0.321 e. The van der Waals surface area contributed by atoms with E-state index < -0.39 is 16.0 Å². The monoisotopic (exact) mass is 249 g/mol. The largest absolute Gasteiger partial charge is 0.468 e. The average molecular weight is 249 g/mol. The Hall–Kier alpha value is -0.620. The van der Waals surface area contributed by atoms with E-state index >= 15 is 0 Å². The lowest BCUT2D eigenvalue weighted by molar-refractivity contribution is -0.141. The summed E-state index contributed by atoms with van der Waals surface area (Å²) >= 11 is 0. The molecule has 0 aromatic carbocycles. The summed E-state index contributed by atoms with van der Waals surface area (Å²) in [6, 6.07) is -0.220. The lowest BCUT2D eigenvalue weighted by Gasteiger charge is -2.24. The summed E-state index contributed by atoms with van der Waals surface area (Å²) in [6.07, 6.45) is 1.95. The Morgan fingerprint density at radius 3 is 2.38 bits per heavy atom. The van der Waals surface area contributed by atoms with Gasteiger partial charge in [0, 0.05) is 6.04 Å². The summed E-state index contributed by atoms with van der Waals surface area (Å²) in [5.74, 6) is -0.0840. The number of hydrogen-bond donors (Lipinski definition) is 0.